The van der Waals surface area contributed by atoms with Crippen LogP contribution in [-0.4, -0.2) is 13.7 Å². The summed E-state index contributed by atoms with van der Waals surface area (Å²) in [7, 11) is 1.66. The second kappa shape index (κ2) is 6.96. The van der Waals surface area contributed by atoms with Crippen LogP contribution in [0.1, 0.15) is 18.1 Å². The van der Waals surface area contributed by atoms with Crippen LogP contribution in [0.25, 0.3) is 0 Å². The lowest BCUT2D eigenvalue weighted by molar-refractivity contribution is 0.377. The quantitative estimate of drug-likeness (QED) is 0.864. The summed E-state index contributed by atoms with van der Waals surface area (Å²) in [6, 6.07) is 14.0. The van der Waals surface area contributed by atoms with Gasteiger partial charge in [0.1, 0.15) is 5.75 Å². The van der Waals surface area contributed by atoms with Crippen LogP contribution < -0.4 is 14.8 Å². The molecule has 2 aromatic rings. The minimum Gasteiger partial charge on any atom is -0.493 e. The number of para-hydroxylation sites is 1. The van der Waals surface area contributed by atoms with E-state index in [1.807, 2.05) is 43.3 Å². The summed E-state index contributed by atoms with van der Waals surface area (Å²) >= 11 is 0. The summed E-state index contributed by atoms with van der Waals surface area (Å²) in [6.45, 7) is 5.85. The van der Waals surface area contributed by atoms with E-state index in [1.54, 1.807) is 7.11 Å². The van der Waals surface area contributed by atoms with Crippen molar-refractivity contribution < 1.29 is 9.47 Å². The van der Waals surface area contributed by atoms with Crippen molar-refractivity contribution in [2.75, 3.05) is 13.7 Å². The molecule has 2 rings (SSSR count). The molecule has 3 nitrogen and oxygen atoms in total. The number of ether oxygens (including phenoxy) is 2. The second-order valence-corrected chi connectivity index (χ2v) is 4.64. The maximum atomic E-state index is 6.02. The Balaban J connectivity index is 2.25. The van der Waals surface area contributed by atoms with Crippen molar-refractivity contribution in [3.63, 3.8) is 0 Å². The maximum absolute atomic E-state index is 6.02. The number of rotatable bonds is 6. The lowest BCUT2D eigenvalue weighted by Gasteiger charge is -2.14. The average molecular weight is 271 g/mol. The molecular formula is C17H21NO2. The van der Waals surface area contributed by atoms with Crippen LogP contribution in [-0.2, 0) is 6.54 Å². The standard InChI is InChI=1S/C17H21NO2/c1-4-18-12-14-7-5-6-8-15(14)20-16-10-9-13(2)11-17(16)19-3/h5-11,18H,4,12H2,1-3H3. The van der Waals surface area contributed by atoms with Crippen LogP contribution in [0.5, 0.6) is 17.2 Å². The van der Waals surface area contributed by atoms with E-state index in [4.69, 9.17) is 9.47 Å². The monoisotopic (exact) mass is 271 g/mol. The molecule has 0 spiro atoms. The van der Waals surface area contributed by atoms with Crippen LogP contribution in [0.2, 0.25) is 0 Å². The third-order valence-corrected chi connectivity index (χ3v) is 3.08. The van der Waals surface area contributed by atoms with Crippen molar-refractivity contribution in [2.45, 2.75) is 20.4 Å². The molecule has 0 aliphatic carbocycles. The first-order valence-corrected chi connectivity index (χ1v) is 6.85. The first kappa shape index (κ1) is 14.4. The highest BCUT2D eigenvalue weighted by molar-refractivity contribution is 5.46. The van der Waals surface area contributed by atoms with Crippen molar-refractivity contribution in [2.24, 2.45) is 0 Å². The zero-order valence-corrected chi connectivity index (χ0v) is 12.3. The Hall–Kier alpha value is -2.00. The molecule has 0 saturated heterocycles. The van der Waals surface area contributed by atoms with Gasteiger partial charge < -0.3 is 14.8 Å². The highest BCUT2D eigenvalue weighted by Crippen LogP contribution is 2.33. The number of nitrogens with one attached hydrogen (secondary N) is 1. The SMILES string of the molecule is CCNCc1ccccc1Oc1ccc(C)cc1OC. The van der Waals surface area contributed by atoms with Gasteiger partial charge in [-0.25, -0.2) is 0 Å². The Morgan fingerprint density at radius 1 is 1.00 bits per heavy atom. The van der Waals surface area contributed by atoms with Gasteiger partial charge in [0.25, 0.3) is 0 Å². The zero-order valence-electron chi connectivity index (χ0n) is 12.3. The van der Waals surface area contributed by atoms with E-state index in [9.17, 15) is 0 Å². The number of benzene rings is 2. The van der Waals surface area contributed by atoms with Gasteiger partial charge >= 0.3 is 0 Å². The minimum atomic E-state index is 0.738. The predicted molar refractivity (Wildman–Crippen MR) is 81.6 cm³/mol. The van der Waals surface area contributed by atoms with E-state index >= 15 is 0 Å². The van der Waals surface area contributed by atoms with Gasteiger partial charge in [-0.15, -0.1) is 0 Å². The molecule has 0 radical (unpaired) electrons. The molecule has 0 heterocycles. The largest absolute Gasteiger partial charge is 0.493 e. The smallest absolute Gasteiger partial charge is 0.169 e. The topological polar surface area (TPSA) is 30.5 Å². The average Bonchev–Trinajstić information content (AvgIpc) is 2.48. The lowest BCUT2D eigenvalue weighted by atomic mass is 10.2. The van der Waals surface area contributed by atoms with Gasteiger partial charge in [0.2, 0.25) is 0 Å². The molecule has 0 aliphatic rings. The zero-order chi connectivity index (χ0) is 14.4. The lowest BCUT2D eigenvalue weighted by Crippen LogP contribution is -2.12. The first-order valence-electron chi connectivity index (χ1n) is 6.85. The fourth-order valence-corrected chi connectivity index (χ4v) is 1.99. The molecule has 0 atom stereocenters. The summed E-state index contributed by atoms with van der Waals surface area (Å²) in [5, 5.41) is 3.32. The molecule has 0 fully saturated rings. The van der Waals surface area contributed by atoms with Crippen LogP contribution in [0.3, 0.4) is 0 Å². The van der Waals surface area contributed by atoms with E-state index in [2.05, 4.69) is 18.3 Å². The maximum Gasteiger partial charge on any atom is 0.169 e. The molecule has 0 amide bonds. The van der Waals surface area contributed by atoms with Gasteiger partial charge in [-0.1, -0.05) is 31.2 Å². The molecule has 0 aliphatic heterocycles. The van der Waals surface area contributed by atoms with Gasteiger partial charge in [0.15, 0.2) is 11.5 Å². The molecule has 2 aromatic carbocycles. The fourth-order valence-electron chi connectivity index (χ4n) is 1.99. The number of hydrogen-bond donors (Lipinski definition) is 1. The summed E-state index contributed by atoms with van der Waals surface area (Å²) in [4.78, 5) is 0. The van der Waals surface area contributed by atoms with Crippen LogP contribution in [0.15, 0.2) is 42.5 Å². The second-order valence-electron chi connectivity index (χ2n) is 4.64. The molecule has 0 unspecified atom stereocenters. The van der Waals surface area contributed by atoms with Crippen molar-refractivity contribution in [1.82, 2.24) is 5.32 Å². The normalized spacial score (nSPS) is 10.3. The molecular weight excluding hydrogens is 250 g/mol. The number of hydrogen-bond acceptors (Lipinski definition) is 3. The van der Waals surface area contributed by atoms with Gasteiger partial charge in [-0.2, -0.15) is 0 Å². The molecule has 3 heteroatoms. The Bertz CT molecular complexity index is 567. The van der Waals surface area contributed by atoms with Gasteiger partial charge in [0.05, 0.1) is 7.11 Å². The van der Waals surface area contributed by atoms with E-state index in [0.29, 0.717) is 0 Å². The summed E-state index contributed by atoms with van der Waals surface area (Å²) in [5.41, 5.74) is 2.28. The molecule has 0 bridgehead atoms. The Labute approximate surface area is 120 Å². The van der Waals surface area contributed by atoms with E-state index < -0.39 is 0 Å². The van der Waals surface area contributed by atoms with E-state index in [0.717, 1.165) is 41.5 Å². The summed E-state index contributed by atoms with van der Waals surface area (Å²) in [6.07, 6.45) is 0. The molecule has 106 valence electrons. The first-order chi connectivity index (χ1) is 9.74. The minimum absolute atomic E-state index is 0.738. The van der Waals surface area contributed by atoms with E-state index in [1.165, 1.54) is 0 Å². The van der Waals surface area contributed by atoms with Crippen molar-refractivity contribution in [3.05, 3.63) is 53.6 Å². The third kappa shape index (κ3) is 3.52. The van der Waals surface area contributed by atoms with Crippen molar-refractivity contribution in [3.8, 4) is 17.2 Å². The Morgan fingerprint density at radius 2 is 1.80 bits per heavy atom. The van der Waals surface area contributed by atoms with Gasteiger partial charge in [0, 0.05) is 12.1 Å². The van der Waals surface area contributed by atoms with Crippen LogP contribution in [0.4, 0.5) is 0 Å². The van der Waals surface area contributed by atoms with Crippen molar-refractivity contribution >= 4 is 0 Å². The van der Waals surface area contributed by atoms with Crippen LogP contribution in [0, 0.1) is 6.92 Å². The fraction of sp³-hybridized carbons (Fsp3) is 0.294. The molecule has 0 aromatic heterocycles. The number of methoxy groups -OCH3 is 1. The molecule has 1 N–H and O–H groups in total. The highest BCUT2D eigenvalue weighted by Gasteiger charge is 2.08. The Kier molecular flexibility index (Phi) is 5.02. The third-order valence-electron chi connectivity index (χ3n) is 3.08. The molecule has 20 heavy (non-hydrogen) atoms. The number of aryl methyl sites for hydroxylation is 1. The van der Waals surface area contributed by atoms with Gasteiger partial charge in [-0.3, -0.25) is 0 Å². The summed E-state index contributed by atoms with van der Waals surface area (Å²) in [5.74, 6) is 2.35. The predicted octanol–water partition coefficient (Wildman–Crippen LogP) is 3.91. The van der Waals surface area contributed by atoms with Gasteiger partial charge in [-0.05, 0) is 37.2 Å². The Morgan fingerprint density at radius 3 is 2.55 bits per heavy atom. The summed E-state index contributed by atoms with van der Waals surface area (Å²) < 4.78 is 11.4. The van der Waals surface area contributed by atoms with E-state index in [-0.39, 0.29) is 0 Å². The molecule has 0 saturated carbocycles. The van der Waals surface area contributed by atoms with Crippen molar-refractivity contribution in [1.29, 1.82) is 0 Å². The van der Waals surface area contributed by atoms with Crippen LogP contribution >= 0.6 is 0 Å². The highest BCUT2D eigenvalue weighted by atomic mass is 16.5.